The number of ether oxygens (including phenoxy) is 1. The average molecular weight is 373 g/mol. The Morgan fingerprint density at radius 2 is 2.05 bits per heavy atom. The molecule has 5 nitrogen and oxygen atoms in total. The molecular weight excluding hydrogens is 366 g/mol. The number of nitrogens with zero attached hydrogens (tertiary/aromatic N) is 3. The lowest BCUT2D eigenvalue weighted by Gasteiger charge is -2.07. The zero-order valence-corrected chi connectivity index (χ0v) is 12.9. The van der Waals surface area contributed by atoms with Crippen molar-refractivity contribution in [2.75, 3.05) is 7.11 Å². The number of H-pyrrole nitrogens is 1. The van der Waals surface area contributed by atoms with Crippen molar-refractivity contribution < 1.29 is 13.5 Å². The number of nitrogens with one attached hydrogen (secondary N) is 1. The summed E-state index contributed by atoms with van der Waals surface area (Å²) in [5.74, 6) is -0.982. The van der Waals surface area contributed by atoms with E-state index >= 15 is 0 Å². The van der Waals surface area contributed by atoms with Crippen molar-refractivity contribution in [2.45, 2.75) is 0 Å². The first-order valence-electron chi connectivity index (χ1n) is 5.67. The molecule has 0 spiro atoms. The van der Waals surface area contributed by atoms with E-state index in [2.05, 4.69) is 30.9 Å². The van der Waals surface area contributed by atoms with Crippen LogP contribution in [-0.2, 0) is 0 Å². The topological polar surface area (TPSA) is 55.7 Å². The van der Waals surface area contributed by atoms with E-state index < -0.39 is 11.6 Å². The fourth-order valence-corrected chi connectivity index (χ4v) is 2.56. The SMILES string of the molecule is COc1ncnc2c1[nH]c(=S)n2-c1cc(F)c(Br)cc1F. The highest BCUT2D eigenvalue weighted by atomic mass is 79.9. The number of methoxy groups -OCH3 is 1. The number of hydrogen-bond acceptors (Lipinski definition) is 4. The van der Waals surface area contributed by atoms with Gasteiger partial charge in [-0.05, 0) is 34.2 Å². The summed E-state index contributed by atoms with van der Waals surface area (Å²) in [6.45, 7) is 0. The molecule has 108 valence electrons. The van der Waals surface area contributed by atoms with Crippen molar-refractivity contribution in [2.24, 2.45) is 0 Å². The van der Waals surface area contributed by atoms with Gasteiger partial charge in [-0.2, -0.15) is 4.98 Å². The van der Waals surface area contributed by atoms with E-state index in [1.165, 1.54) is 18.0 Å². The molecule has 0 unspecified atom stereocenters. The number of imidazole rings is 1. The Morgan fingerprint density at radius 1 is 1.29 bits per heavy atom. The number of hydrogen-bond donors (Lipinski definition) is 1. The highest BCUT2D eigenvalue weighted by Crippen LogP contribution is 2.27. The van der Waals surface area contributed by atoms with Crippen molar-refractivity contribution in [1.82, 2.24) is 19.5 Å². The van der Waals surface area contributed by atoms with Crippen LogP contribution in [0.2, 0.25) is 0 Å². The van der Waals surface area contributed by atoms with Gasteiger partial charge < -0.3 is 9.72 Å². The zero-order valence-electron chi connectivity index (χ0n) is 10.5. The second-order valence-electron chi connectivity index (χ2n) is 4.06. The van der Waals surface area contributed by atoms with Gasteiger partial charge in [0.2, 0.25) is 5.88 Å². The van der Waals surface area contributed by atoms with Gasteiger partial charge >= 0.3 is 0 Å². The maximum atomic E-state index is 14.1. The predicted octanol–water partition coefficient (Wildman–Crippen LogP) is 3.53. The first-order chi connectivity index (χ1) is 10.0. The summed E-state index contributed by atoms with van der Waals surface area (Å²) in [4.78, 5) is 10.8. The molecular formula is C12H7BrF2N4OS. The average Bonchev–Trinajstić information content (AvgIpc) is 2.79. The highest BCUT2D eigenvalue weighted by Gasteiger charge is 2.17. The van der Waals surface area contributed by atoms with Gasteiger partial charge in [-0.3, -0.25) is 4.57 Å². The van der Waals surface area contributed by atoms with Gasteiger partial charge in [-0.25, -0.2) is 13.8 Å². The second-order valence-corrected chi connectivity index (χ2v) is 5.31. The summed E-state index contributed by atoms with van der Waals surface area (Å²) < 4.78 is 34.4. The summed E-state index contributed by atoms with van der Waals surface area (Å²) in [5, 5.41) is 0. The second kappa shape index (κ2) is 5.15. The number of aromatic nitrogens is 4. The van der Waals surface area contributed by atoms with Gasteiger partial charge in [-0.15, -0.1) is 0 Å². The Balaban J connectivity index is 2.39. The molecule has 2 aromatic heterocycles. The minimum Gasteiger partial charge on any atom is -0.479 e. The van der Waals surface area contributed by atoms with Crippen LogP contribution in [0.3, 0.4) is 0 Å². The molecule has 1 N–H and O–H groups in total. The van der Waals surface area contributed by atoms with Crippen LogP contribution in [0.4, 0.5) is 8.78 Å². The number of halogens is 3. The molecule has 3 rings (SSSR count). The Bertz CT molecular complexity index is 908. The third-order valence-electron chi connectivity index (χ3n) is 2.86. The van der Waals surface area contributed by atoms with Gasteiger partial charge in [0.15, 0.2) is 10.4 Å². The van der Waals surface area contributed by atoms with Gasteiger partial charge in [0.1, 0.15) is 23.5 Å². The lowest BCUT2D eigenvalue weighted by molar-refractivity contribution is 0.401. The summed E-state index contributed by atoms with van der Waals surface area (Å²) in [6, 6.07) is 2.07. The van der Waals surface area contributed by atoms with E-state index in [4.69, 9.17) is 17.0 Å². The van der Waals surface area contributed by atoms with E-state index in [0.29, 0.717) is 11.2 Å². The monoisotopic (exact) mass is 372 g/mol. The zero-order chi connectivity index (χ0) is 15.1. The van der Waals surface area contributed by atoms with E-state index in [1.54, 1.807) is 0 Å². The van der Waals surface area contributed by atoms with Crippen LogP contribution in [0.15, 0.2) is 22.9 Å². The number of benzene rings is 1. The van der Waals surface area contributed by atoms with Crippen LogP contribution in [0.25, 0.3) is 16.9 Å². The molecule has 0 bridgehead atoms. The van der Waals surface area contributed by atoms with Gasteiger partial charge in [0.25, 0.3) is 0 Å². The Hall–Kier alpha value is -1.87. The lowest BCUT2D eigenvalue weighted by atomic mass is 10.3. The Kier molecular flexibility index (Phi) is 3.46. The molecule has 0 amide bonds. The lowest BCUT2D eigenvalue weighted by Crippen LogP contribution is -2.01. The van der Waals surface area contributed by atoms with Crippen molar-refractivity contribution in [1.29, 1.82) is 0 Å². The quantitative estimate of drug-likeness (QED) is 0.552. The molecule has 9 heteroatoms. The molecule has 0 aliphatic carbocycles. The smallest absolute Gasteiger partial charge is 0.242 e. The Labute approximate surface area is 130 Å². The molecule has 1 aromatic carbocycles. The molecule has 0 saturated carbocycles. The van der Waals surface area contributed by atoms with Crippen molar-refractivity contribution >= 4 is 39.3 Å². The molecule has 0 saturated heterocycles. The normalized spacial score (nSPS) is 11.0. The summed E-state index contributed by atoms with van der Waals surface area (Å²) >= 11 is 8.09. The third-order valence-corrected chi connectivity index (χ3v) is 3.76. The molecule has 2 heterocycles. The Morgan fingerprint density at radius 3 is 2.76 bits per heavy atom. The third kappa shape index (κ3) is 2.22. The molecule has 3 aromatic rings. The van der Waals surface area contributed by atoms with Crippen LogP contribution in [-0.4, -0.2) is 26.6 Å². The van der Waals surface area contributed by atoms with Gasteiger partial charge in [0.05, 0.1) is 17.3 Å². The van der Waals surface area contributed by atoms with Crippen LogP contribution in [0.5, 0.6) is 5.88 Å². The minimum atomic E-state index is -0.641. The first-order valence-corrected chi connectivity index (χ1v) is 6.87. The van der Waals surface area contributed by atoms with E-state index in [-0.39, 0.29) is 20.8 Å². The first kappa shape index (κ1) is 14.1. The van der Waals surface area contributed by atoms with Crippen LogP contribution >= 0.6 is 28.1 Å². The van der Waals surface area contributed by atoms with E-state index in [9.17, 15) is 8.78 Å². The van der Waals surface area contributed by atoms with Crippen molar-refractivity contribution in [3.8, 4) is 11.6 Å². The molecule has 0 aliphatic rings. The van der Waals surface area contributed by atoms with Crippen LogP contribution in [0, 0.1) is 16.4 Å². The minimum absolute atomic E-state index is 0.0299. The van der Waals surface area contributed by atoms with Crippen molar-refractivity contribution in [3.63, 3.8) is 0 Å². The van der Waals surface area contributed by atoms with Crippen molar-refractivity contribution in [3.05, 3.63) is 39.3 Å². The standard InChI is InChI=1S/C12H7BrF2N4OS/c1-20-11-9-10(16-4-17-11)19(12(21)18-9)8-3-6(14)5(13)2-7(8)15/h2-4H,1H3,(H,18,21). The fraction of sp³-hybridized carbons (Fsp3) is 0.0833. The molecule has 0 radical (unpaired) electrons. The summed E-state index contributed by atoms with van der Waals surface area (Å²) in [6.07, 6.45) is 1.26. The van der Waals surface area contributed by atoms with Crippen LogP contribution < -0.4 is 4.74 Å². The van der Waals surface area contributed by atoms with Crippen LogP contribution in [0.1, 0.15) is 0 Å². The largest absolute Gasteiger partial charge is 0.479 e. The molecule has 0 aliphatic heterocycles. The van der Waals surface area contributed by atoms with Gasteiger partial charge in [-0.1, -0.05) is 0 Å². The highest BCUT2D eigenvalue weighted by molar-refractivity contribution is 9.10. The maximum Gasteiger partial charge on any atom is 0.242 e. The fourth-order valence-electron chi connectivity index (χ4n) is 1.96. The maximum absolute atomic E-state index is 14.1. The number of rotatable bonds is 2. The van der Waals surface area contributed by atoms with E-state index in [0.717, 1.165) is 12.1 Å². The van der Waals surface area contributed by atoms with Gasteiger partial charge in [0, 0.05) is 6.07 Å². The molecule has 0 fully saturated rings. The van der Waals surface area contributed by atoms with E-state index in [1.807, 2.05) is 0 Å². The number of fused-ring (bicyclic) bond motifs is 1. The predicted molar refractivity (Wildman–Crippen MR) is 78.2 cm³/mol. The summed E-state index contributed by atoms with van der Waals surface area (Å²) in [5.41, 5.74) is 0.660. The summed E-state index contributed by atoms with van der Waals surface area (Å²) in [7, 11) is 1.44. The molecule has 21 heavy (non-hydrogen) atoms. The number of aromatic amines is 1. The molecule has 0 atom stereocenters.